The Bertz CT molecular complexity index is 1240. The van der Waals surface area contributed by atoms with Gasteiger partial charge in [0.2, 0.25) is 5.91 Å². The Morgan fingerprint density at radius 2 is 1.81 bits per heavy atom. The van der Waals surface area contributed by atoms with Gasteiger partial charge in [-0.2, -0.15) is 10.2 Å². The van der Waals surface area contributed by atoms with Gasteiger partial charge in [0.1, 0.15) is 5.75 Å². The molecule has 7 nitrogen and oxygen atoms in total. The van der Waals surface area contributed by atoms with Crippen molar-refractivity contribution in [2.45, 2.75) is 43.7 Å². The molecule has 3 unspecified atom stereocenters. The number of phenols is 1. The van der Waals surface area contributed by atoms with Crippen molar-refractivity contribution in [2.75, 3.05) is 31.1 Å². The number of nitrogens with one attached hydrogen (secondary N) is 1. The smallest absolute Gasteiger partial charge is 0.233 e. The average molecular weight is 484 g/mol. The number of likely N-dealkylation sites (tertiary alicyclic amines) is 1. The number of carbonyl (C=O) groups excluding carboxylic acids is 1. The van der Waals surface area contributed by atoms with Crippen LogP contribution in [0, 0.1) is 5.92 Å². The van der Waals surface area contributed by atoms with E-state index in [9.17, 15) is 9.90 Å². The van der Waals surface area contributed by atoms with Crippen LogP contribution in [0.5, 0.6) is 5.75 Å². The van der Waals surface area contributed by atoms with Gasteiger partial charge in [0.15, 0.2) is 0 Å². The first-order valence-corrected chi connectivity index (χ1v) is 13.0. The number of phenolic OH excluding ortho intramolecular Hbond substituents is 1. The first-order valence-electron chi connectivity index (χ1n) is 13.0. The summed E-state index contributed by atoms with van der Waals surface area (Å²) < 4.78 is 0. The number of para-hydroxylation sites is 1. The van der Waals surface area contributed by atoms with Crippen molar-refractivity contribution < 1.29 is 9.90 Å². The molecule has 7 heteroatoms. The summed E-state index contributed by atoms with van der Waals surface area (Å²) >= 11 is 0. The van der Waals surface area contributed by atoms with E-state index in [-0.39, 0.29) is 11.8 Å². The van der Waals surface area contributed by atoms with Gasteiger partial charge in [-0.15, -0.1) is 0 Å². The van der Waals surface area contributed by atoms with Crippen LogP contribution in [0.1, 0.15) is 31.7 Å². The lowest BCUT2D eigenvalue weighted by atomic mass is 9.71. The van der Waals surface area contributed by atoms with E-state index in [4.69, 9.17) is 0 Å². The van der Waals surface area contributed by atoms with E-state index in [1.807, 2.05) is 24.3 Å². The van der Waals surface area contributed by atoms with Gasteiger partial charge in [-0.05, 0) is 55.9 Å². The number of rotatable bonds is 4. The Hall–Kier alpha value is -3.45. The summed E-state index contributed by atoms with van der Waals surface area (Å²) in [6.07, 6.45) is 4.35. The van der Waals surface area contributed by atoms with Crippen LogP contribution >= 0.6 is 0 Å². The monoisotopic (exact) mass is 483 g/mol. The highest BCUT2D eigenvalue weighted by Crippen LogP contribution is 2.43. The average Bonchev–Trinajstić information content (AvgIpc) is 3.49. The predicted octanol–water partition coefficient (Wildman–Crippen LogP) is 3.60. The van der Waals surface area contributed by atoms with Crippen LogP contribution in [0.15, 0.2) is 66.9 Å². The van der Waals surface area contributed by atoms with Crippen molar-refractivity contribution in [3.8, 4) is 17.0 Å². The fourth-order valence-electron chi connectivity index (χ4n) is 6.64. The number of hydrogen-bond acceptors (Lipinski definition) is 6. The number of nitrogens with zero attached hydrogens (tertiary/aromatic N) is 4. The summed E-state index contributed by atoms with van der Waals surface area (Å²) in [5.74, 6) is 1.04. The molecule has 3 saturated heterocycles. The molecule has 0 bridgehead atoms. The molecule has 6 rings (SSSR count). The van der Waals surface area contributed by atoms with E-state index in [0.717, 1.165) is 56.7 Å². The van der Waals surface area contributed by atoms with Gasteiger partial charge in [0.05, 0.1) is 23.0 Å². The third kappa shape index (κ3) is 3.82. The number of amides is 1. The summed E-state index contributed by atoms with van der Waals surface area (Å²) in [6.45, 7) is 5.63. The van der Waals surface area contributed by atoms with Crippen LogP contribution in [0.4, 0.5) is 5.69 Å². The fourth-order valence-corrected chi connectivity index (χ4v) is 6.64. The first-order chi connectivity index (χ1) is 17.6. The highest BCUT2D eigenvalue weighted by molar-refractivity contribution is 5.89. The first kappa shape index (κ1) is 23.0. The minimum absolute atomic E-state index is 0.190. The number of piperidine rings is 1. The summed E-state index contributed by atoms with van der Waals surface area (Å²) in [6, 6.07) is 20.1. The van der Waals surface area contributed by atoms with Crippen molar-refractivity contribution in [3.63, 3.8) is 0 Å². The van der Waals surface area contributed by atoms with Crippen LogP contribution in [0.2, 0.25) is 0 Å². The summed E-state index contributed by atoms with van der Waals surface area (Å²) in [7, 11) is 0. The van der Waals surface area contributed by atoms with Crippen molar-refractivity contribution in [1.29, 1.82) is 0 Å². The molecular formula is C29H33N5O2. The van der Waals surface area contributed by atoms with E-state index in [1.54, 1.807) is 18.3 Å². The summed E-state index contributed by atoms with van der Waals surface area (Å²) in [4.78, 5) is 18.9. The fraction of sp³-hybridized carbons (Fsp3) is 0.414. The Morgan fingerprint density at radius 3 is 2.58 bits per heavy atom. The normalized spacial score (nSPS) is 25.1. The molecular weight excluding hydrogens is 450 g/mol. The molecule has 2 N–H and O–H groups in total. The number of anilines is 1. The number of fused-ring (bicyclic) bond motifs is 1. The second kappa shape index (κ2) is 9.21. The van der Waals surface area contributed by atoms with E-state index in [1.165, 1.54) is 0 Å². The largest absolute Gasteiger partial charge is 0.507 e. The van der Waals surface area contributed by atoms with Crippen molar-refractivity contribution in [3.05, 3.63) is 72.4 Å². The molecule has 1 aromatic heterocycles. The number of hydrogen-bond donors (Lipinski definition) is 2. The lowest BCUT2D eigenvalue weighted by Crippen LogP contribution is -2.56. The maximum Gasteiger partial charge on any atom is 0.233 e. The third-order valence-corrected chi connectivity index (χ3v) is 8.55. The number of carbonyl (C=O) groups is 1. The summed E-state index contributed by atoms with van der Waals surface area (Å²) in [5.41, 5.74) is 2.88. The maximum atomic E-state index is 14.4. The Kier molecular flexibility index (Phi) is 5.88. The van der Waals surface area contributed by atoms with Crippen LogP contribution in [-0.4, -0.2) is 64.4 Å². The second-order valence-corrected chi connectivity index (χ2v) is 10.5. The van der Waals surface area contributed by atoms with Gasteiger partial charge in [-0.3, -0.25) is 4.79 Å². The second-order valence-electron chi connectivity index (χ2n) is 10.5. The molecule has 0 saturated carbocycles. The topological polar surface area (TPSA) is 81.6 Å². The molecule has 3 fully saturated rings. The number of aromatic nitrogens is 2. The molecule has 3 aliphatic rings. The standard InChI is InChI=1S/C29H33N5O2/c1-20-15-21-17-30-19-26(21)34(20)28(36)29(22-7-3-2-4-8-22)11-13-33(14-12-29)23-16-25(32-31-18-23)24-9-5-6-10-27(24)35/h2-10,16,18,20-21,26,30,35H,11-15,17,19H2,1H3. The Labute approximate surface area is 212 Å². The highest BCUT2D eigenvalue weighted by atomic mass is 16.3. The van der Waals surface area contributed by atoms with Crippen molar-refractivity contribution in [1.82, 2.24) is 20.4 Å². The van der Waals surface area contributed by atoms with Gasteiger partial charge >= 0.3 is 0 Å². The van der Waals surface area contributed by atoms with E-state index in [2.05, 4.69) is 56.5 Å². The minimum Gasteiger partial charge on any atom is -0.507 e. The van der Waals surface area contributed by atoms with Gasteiger partial charge in [-0.25, -0.2) is 0 Å². The van der Waals surface area contributed by atoms with Gasteiger partial charge in [0, 0.05) is 43.8 Å². The zero-order valence-corrected chi connectivity index (χ0v) is 20.7. The van der Waals surface area contributed by atoms with Gasteiger partial charge in [0.25, 0.3) is 0 Å². The molecule has 186 valence electrons. The van der Waals surface area contributed by atoms with Gasteiger partial charge in [-0.1, -0.05) is 42.5 Å². The van der Waals surface area contributed by atoms with E-state index >= 15 is 0 Å². The molecule has 0 spiro atoms. The molecule has 3 atom stereocenters. The van der Waals surface area contributed by atoms with Crippen molar-refractivity contribution in [2.24, 2.45) is 5.92 Å². The molecule has 36 heavy (non-hydrogen) atoms. The summed E-state index contributed by atoms with van der Waals surface area (Å²) in [5, 5.41) is 22.3. The molecule has 1 amide bonds. The molecule has 3 aliphatic heterocycles. The lowest BCUT2D eigenvalue weighted by molar-refractivity contribution is -0.141. The predicted molar refractivity (Wildman–Crippen MR) is 140 cm³/mol. The lowest BCUT2D eigenvalue weighted by Gasteiger charge is -2.45. The van der Waals surface area contributed by atoms with Gasteiger partial charge < -0.3 is 20.2 Å². The maximum absolute atomic E-state index is 14.4. The van der Waals surface area contributed by atoms with Crippen LogP contribution in [0.25, 0.3) is 11.3 Å². The van der Waals surface area contributed by atoms with Crippen LogP contribution in [0.3, 0.4) is 0 Å². The SMILES string of the molecule is CC1CC2CNCC2N1C(=O)C1(c2ccccc2)CCN(c2cnnc(-c3ccccc3O)c2)CC1. The van der Waals surface area contributed by atoms with E-state index < -0.39 is 5.41 Å². The Balaban J connectivity index is 1.28. The molecule has 0 aliphatic carbocycles. The zero-order chi connectivity index (χ0) is 24.7. The van der Waals surface area contributed by atoms with Crippen molar-refractivity contribution >= 4 is 11.6 Å². The molecule has 3 aromatic rings. The third-order valence-electron chi connectivity index (χ3n) is 8.55. The van der Waals surface area contributed by atoms with Crippen LogP contribution < -0.4 is 10.2 Å². The highest BCUT2D eigenvalue weighted by Gasteiger charge is 2.52. The number of aromatic hydroxyl groups is 1. The van der Waals surface area contributed by atoms with Crippen LogP contribution in [-0.2, 0) is 10.2 Å². The molecule has 4 heterocycles. The van der Waals surface area contributed by atoms with E-state index in [0.29, 0.717) is 29.1 Å². The minimum atomic E-state index is -0.523. The quantitative estimate of drug-likeness (QED) is 0.590. The zero-order valence-electron chi connectivity index (χ0n) is 20.7. The molecule has 0 radical (unpaired) electrons. The molecule has 2 aromatic carbocycles. The Morgan fingerprint density at radius 1 is 1.06 bits per heavy atom. The number of benzene rings is 2.